The van der Waals surface area contributed by atoms with Crippen LogP contribution in [0.4, 0.5) is 11.4 Å². The van der Waals surface area contributed by atoms with Crippen LogP contribution in [0.25, 0.3) is 0 Å². The number of hydrogen-bond donors (Lipinski definition) is 1. The van der Waals surface area contributed by atoms with Crippen molar-refractivity contribution < 1.29 is 14.3 Å². The molecule has 0 saturated heterocycles. The number of ether oxygens (including phenoxy) is 2. The zero-order chi connectivity index (χ0) is 26.2. The van der Waals surface area contributed by atoms with E-state index < -0.39 is 24.3 Å². The fourth-order valence-corrected chi connectivity index (χ4v) is 9.66. The van der Waals surface area contributed by atoms with Crippen LogP contribution in [0.5, 0.6) is 0 Å². The molecular formula is C25H28Cl4N2O3Sn. The Bertz CT molecular complexity index is 1170. The quantitative estimate of drug-likeness (QED) is 0.0909. The molecule has 0 bridgehead atoms. The summed E-state index contributed by atoms with van der Waals surface area (Å²) in [4.78, 5) is 23.0. The molecule has 1 aromatic heterocycles. The summed E-state index contributed by atoms with van der Waals surface area (Å²) in [6.07, 6.45) is 1.64. The predicted octanol–water partition coefficient (Wildman–Crippen LogP) is 8.13. The Morgan fingerprint density at radius 2 is 1.71 bits per heavy atom. The first-order valence-electron chi connectivity index (χ1n) is 10.8. The summed E-state index contributed by atoms with van der Waals surface area (Å²) in [5.41, 5.74) is 2.37. The molecule has 1 N–H and O–H groups in total. The van der Waals surface area contributed by atoms with Gasteiger partial charge in [-0.15, -0.1) is 0 Å². The number of carbonyl (C=O) groups excluding carboxylic acids is 1. The van der Waals surface area contributed by atoms with E-state index in [1.54, 1.807) is 36.5 Å². The first kappa shape index (κ1) is 30.0. The summed E-state index contributed by atoms with van der Waals surface area (Å²) in [5, 5.41) is 5.40. The van der Waals surface area contributed by atoms with Gasteiger partial charge in [0.25, 0.3) is 0 Å². The average Bonchev–Trinajstić information content (AvgIpc) is 2.81. The molecule has 0 aliphatic carbocycles. The van der Waals surface area contributed by atoms with E-state index in [1.165, 1.54) is 3.58 Å². The van der Waals surface area contributed by atoms with E-state index in [-0.39, 0.29) is 6.79 Å². The van der Waals surface area contributed by atoms with Gasteiger partial charge >= 0.3 is 93.4 Å². The number of nitrogens with zero attached hydrogens (tertiary/aromatic N) is 1. The third-order valence-electron chi connectivity index (χ3n) is 4.80. The molecule has 0 aliphatic heterocycles. The molecule has 0 spiro atoms. The molecule has 35 heavy (non-hydrogen) atoms. The van der Waals surface area contributed by atoms with Crippen molar-refractivity contribution in [2.45, 2.75) is 28.7 Å². The first-order valence-corrected chi connectivity index (χ1v) is 22.3. The Morgan fingerprint density at radius 3 is 2.34 bits per heavy atom. The fourth-order valence-electron chi connectivity index (χ4n) is 2.92. The zero-order valence-corrected chi connectivity index (χ0v) is 26.1. The minimum atomic E-state index is -2.07. The van der Waals surface area contributed by atoms with Crippen molar-refractivity contribution in [2.24, 2.45) is 0 Å². The van der Waals surface area contributed by atoms with Crippen LogP contribution in [0.1, 0.15) is 22.8 Å². The van der Waals surface area contributed by atoms with E-state index in [0.29, 0.717) is 38.7 Å². The maximum absolute atomic E-state index is 12.2. The van der Waals surface area contributed by atoms with Crippen LogP contribution in [-0.4, -0.2) is 42.7 Å². The van der Waals surface area contributed by atoms with Crippen molar-refractivity contribution in [1.29, 1.82) is 0 Å². The second-order valence-corrected chi connectivity index (χ2v) is 24.5. The van der Waals surface area contributed by atoms with Gasteiger partial charge in [-0.25, -0.2) is 4.79 Å². The monoisotopic (exact) mass is 664 g/mol. The minimum absolute atomic E-state index is 0.0877. The zero-order valence-electron chi connectivity index (χ0n) is 20.2. The van der Waals surface area contributed by atoms with E-state index in [4.69, 9.17) is 55.9 Å². The Kier molecular flexibility index (Phi) is 11.9. The molecule has 0 radical (unpaired) electrons. The number of carbonyl (C=O) groups is 1. The van der Waals surface area contributed by atoms with Crippen LogP contribution in [0, 0.1) is 6.92 Å². The summed E-state index contributed by atoms with van der Waals surface area (Å²) in [6, 6.07) is 12.5. The van der Waals surface area contributed by atoms with Crippen LogP contribution in [0.3, 0.4) is 0 Å². The molecule has 0 amide bonds. The van der Waals surface area contributed by atoms with E-state index in [0.717, 1.165) is 10.6 Å². The van der Waals surface area contributed by atoms with Gasteiger partial charge in [0.2, 0.25) is 0 Å². The summed E-state index contributed by atoms with van der Waals surface area (Å²) < 4.78 is 11.3. The number of aryl methyl sites for hydroxylation is 1. The third-order valence-corrected chi connectivity index (χ3v) is 12.4. The van der Waals surface area contributed by atoms with E-state index >= 15 is 0 Å². The molecule has 0 fully saturated rings. The molecule has 2 aromatic carbocycles. The number of para-hydroxylation sites is 1. The molecule has 0 atom stereocenters. The molecule has 5 nitrogen and oxygen atoms in total. The maximum atomic E-state index is 12.2. The van der Waals surface area contributed by atoms with Crippen LogP contribution < -0.4 is 8.90 Å². The van der Waals surface area contributed by atoms with Crippen LogP contribution in [0.15, 0.2) is 48.7 Å². The number of benzene rings is 2. The third kappa shape index (κ3) is 8.99. The first-order chi connectivity index (χ1) is 16.5. The van der Waals surface area contributed by atoms with Crippen LogP contribution >= 0.6 is 46.4 Å². The molecule has 3 aromatic rings. The number of halogens is 4. The van der Waals surface area contributed by atoms with Gasteiger partial charge in [-0.1, -0.05) is 41.4 Å². The van der Waals surface area contributed by atoms with Crippen molar-refractivity contribution in [3.8, 4) is 0 Å². The van der Waals surface area contributed by atoms with Crippen molar-refractivity contribution >= 4 is 85.7 Å². The SMILES string of the molecule is CCOCOC(=O)c1ccccc1Nc1c(Cl)ccc(C)c1Cl.[CH3][Sn]([CH3])([CH3])[c]1cc(Cl)ncc1Cl. The fraction of sp³-hybridized carbons (Fsp3) is 0.280. The number of nitrogens with one attached hydrogen (secondary N) is 1. The molecule has 1 heterocycles. The van der Waals surface area contributed by atoms with Crippen molar-refractivity contribution in [3.05, 3.63) is 80.0 Å². The van der Waals surface area contributed by atoms with Crippen molar-refractivity contribution in [1.82, 2.24) is 4.98 Å². The van der Waals surface area contributed by atoms with Crippen molar-refractivity contribution in [2.75, 3.05) is 18.7 Å². The van der Waals surface area contributed by atoms with Gasteiger partial charge in [-0.2, -0.15) is 0 Å². The van der Waals surface area contributed by atoms with Gasteiger partial charge in [0.15, 0.2) is 6.79 Å². The number of rotatable bonds is 7. The van der Waals surface area contributed by atoms with Gasteiger partial charge in [-0.3, -0.25) is 0 Å². The molecule has 188 valence electrons. The molecule has 10 heteroatoms. The number of pyridine rings is 1. The Morgan fingerprint density at radius 1 is 1.03 bits per heavy atom. The number of esters is 1. The van der Waals surface area contributed by atoms with Gasteiger partial charge in [0, 0.05) is 6.61 Å². The van der Waals surface area contributed by atoms with Crippen LogP contribution in [-0.2, 0) is 9.47 Å². The number of anilines is 2. The number of aromatic nitrogens is 1. The second kappa shape index (κ2) is 13.9. The van der Waals surface area contributed by atoms with E-state index in [1.807, 2.05) is 26.0 Å². The topological polar surface area (TPSA) is 60.5 Å². The summed E-state index contributed by atoms with van der Waals surface area (Å²) in [5.74, 6) is -0.485. The summed E-state index contributed by atoms with van der Waals surface area (Å²) in [6.45, 7) is 4.09. The molecule has 0 aliphatic rings. The van der Waals surface area contributed by atoms with Gasteiger partial charge in [0.05, 0.1) is 27.0 Å². The Balaban J connectivity index is 0.000000303. The average molecular weight is 665 g/mol. The second-order valence-electron chi connectivity index (χ2n) is 8.50. The van der Waals surface area contributed by atoms with Gasteiger partial charge in [0.1, 0.15) is 0 Å². The molecule has 3 rings (SSSR count). The van der Waals surface area contributed by atoms with E-state index in [2.05, 4.69) is 25.1 Å². The summed E-state index contributed by atoms with van der Waals surface area (Å²) >= 11 is 22.2. The number of hydrogen-bond acceptors (Lipinski definition) is 5. The molecule has 0 unspecified atom stereocenters. The van der Waals surface area contributed by atoms with E-state index in [9.17, 15) is 4.79 Å². The summed E-state index contributed by atoms with van der Waals surface area (Å²) in [7, 11) is 0. The van der Waals surface area contributed by atoms with Gasteiger partial charge < -0.3 is 14.8 Å². The Labute approximate surface area is 230 Å². The molecule has 0 saturated carbocycles. The predicted molar refractivity (Wildman–Crippen MR) is 150 cm³/mol. The normalized spacial score (nSPS) is 10.9. The van der Waals surface area contributed by atoms with Crippen molar-refractivity contribution in [3.63, 3.8) is 0 Å². The van der Waals surface area contributed by atoms with Crippen LogP contribution in [0.2, 0.25) is 35.0 Å². The molecular weight excluding hydrogens is 637 g/mol. The standard InChI is InChI=1S/C17H17Cl2NO3.C5H2Cl2N.3CH3.Sn/c1-3-22-10-23-17(21)12-6-4-5-7-14(12)20-16-13(18)9-8-11(2)15(16)19;6-4-1-2-5(7)8-3-4;;;;/h4-9,20H,3,10H2,1-2H3;2-3H;3*1H3;. The van der Waals surface area contributed by atoms with Gasteiger partial charge in [-0.05, 0) is 37.6 Å². The Hall–Kier alpha value is -1.22.